The predicted molar refractivity (Wildman–Crippen MR) is 123 cm³/mol. The number of aromatic nitrogens is 2. The zero-order valence-corrected chi connectivity index (χ0v) is 19.2. The molecular weight excluding hydrogens is 455 g/mol. The number of ether oxygens (including phenoxy) is 1. The van der Waals surface area contributed by atoms with E-state index < -0.39 is 0 Å². The molecule has 182 valence electrons. The number of carbonyl (C=O) groups excluding carboxylic acids is 2. The Kier molecular flexibility index (Phi) is 6.35. The number of piperidine rings is 1. The quantitative estimate of drug-likeness (QED) is 0.530. The second kappa shape index (κ2) is 9.73. The van der Waals surface area contributed by atoms with Gasteiger partial charge in [-0.15, -0.1) is 0 Å². The zero-order valence-electron chi connectivity index (χ0n) is 19.2. The zero-order chi connectivity index (χ0) is 24.4. The van der Waals surface area contributed by atoms with Crippen molar-refractivity contribution in [3.8, 4) is 22.9 Å². The van der Waals surface area contributed by atoms with Crippen molar-refractivity contribution in [1.82, 2.24) is 15.0 Å². The molecule has 0 radical (unpaired) electrons. The first-order valence-electron chi connectivity index (χ1n) is 11.5. The number of rotatable bonds is 6. The molecule has 2 aliphatic heterocycles. The van der Waals surface area contributed by atoms with Gasteiger partial charge in [-0.05, 0) is 43.2 Å². The summed E-state index contributed by atoms with van der Waals surface area (Å²) in [6.07, 6.45) is 1.61. The fourth-order valence-electron chi connectivity index (χ4n) is 4.72. The molecule has 2 fully saturated rings. The number of amides is 2. The first-order chi connectivity index (χ1) is 17.1. The van der Waals surface area contributed by atoms with E-state index in [1.165, 1.54) is 13.2 Å². The highest BCUT2D eigenvalue weighted by Crippen LogP contribution is 2.34. The summed E-state index contributed by atoms with van der Waals surface area (Å²) in [6, 6.07) is 14.1. The van der Waals surface area contributed by atoms with Gasteiger partial charge in [0.1, 0.15) is 0 Å². The summed E-state index contributed by atoms with van der Waals surface area (Å²) >= 11 is 0. The van der Waals surface area contributed by atoms with Gasteiger partial charge >= 0.3 is 0 Å². The maximum atomic E-state index is 13.1. The maximum Gasteiger partial charge on any atom is 0.230 e. The Hall–Kier alpha value is -3.95. The monoisotopic (exact) mass is 480 g/mol. The Balaban J connectivity index is 1.19. The predicted octanol–water partition coefficient (Wildman–Crippen LogP) is 3.77. The Morgan fingerprint density at radius 3 is 2.60 bits per heavy atom. The third-order valence-corrected chi connectivity index (χ3v) is 6.64. The fourth-order valence-corrected chi connectivity index (χ4v) is 4.72. The molecule has 0 spiro atoms. The summed E-state index contributed by atoms with van der Waals surface area (Å²) < 4.78 is 23.2. The molecular formula is C25H25FN4O5. The van der Waals surface area contributed by atoms with E-state index in [0.717, 1.165) is 5.69 Å². The van der Waals surface area contributed by atoms with Crippen molar-refractivity contribution in [2.24, 2.45) is 5.92 Å². The molecule has 2 amide bonds. The first kappa shape index (κ1) is 22.8. The van der Waals surface area contributed by atoms with Crippen molar-refractivity contribution in [2.75, 3.05) is 31.6 Å². The number of hydrogen-bond acceptors (Lipinski definition) is 7. The number of para-hydroxylation sites is 1. The molecule has 3 aromatic rings. The molecule has 0 aliphatic carbocycles. The molecule has 10 heteroatoms. The summed E-state index contributed by atoms with van der Waals surface area (Å²) in [7, 11) is 1.42. The minimum Gasteiger partial charge on any atom is -0.493 e. The SMILES string of the molecule is COc1cc(-c2noc(C3CCN(C(=O)[C@@H]4CC(=O)N(c5ccccc5)C4)CC3)n2)ccc1OF. The molecule has 35 heavy (non-hydrogen) atoms. The normalized spacial score (nSPS) is 18.7. The Bertz CT molecular complexity index is 1210. The lowest BCUT2D eigenvalue weighted by molar-refractivity contribution is -0.136. The van der Waals surface area contributed by atoms with Crippen LogP contribution >= 0.6 is 0 Å². The summed E-state index contributed by atoms with van der Waals surface area (Å²) in [4.78, 5) is 37.4. The number of hydrogen-bond donors (Lipinski definition) is 0. The van der Waals surface area contributed by atoms with Gasteiger partial charge < -0.3 is 19.1 Å². The van der Waals surface area contributed by atoms with Crippen LogP contribution in [0.5, 0.6) is 11.5 Å². The number of carbonyl (C=O) groups is 2. The smallest absolute Gasteiger partial charge is 0.230 e. The summed E-state index contributed by atoms with van der Waals surface area (Å²) in [5.74, 6) is 0.750. The molecule has 2 aromatic carbocycles. The van der Waals surface area contributed by atoms with Crippen LogP contribution in [-0.4, -0.2) is 53.6 Å². The summed E-state index contributed by atoms with van der Waals surface area (Å²) in [5.41, 5.74) is 1.43. The van der Waals surface area contributed by atoms with E-state index in [1.54, 1.807) is 17.0 Å². The lowest BCUT2D eigenvalue weighted by Gasteiger charge is -2.32. The van der Waals surface area contributed by atoms with Crippen molar-refractivity contribution in [3.05, 3.63) is 54.4 Å². The summed E-state index contributed by atoms with van der Waals surface area (Å²) in [6.45, 7) is 1.53. The van der Waals surface area contributed by atoms with Crippen LogP contribution in [-0.2, 0) is 9.59 Å². The first-order valence-corrected chi connectivity index (χ1v) is 11.5. The average Bonchev–Trinajstić information content (AvgIpc) is 3.56. The van der Waals surface area contributed by atoms with Gasteiger partial charge in [0, 0.05) is 47.7 Å². The van der Waals surface area contributed by atoms with Gasteiger partial charge in [0.25, 0.3) is 0 Å². The maximum absolute atomic E-state index is 13.1. The second-order valence-corrected chi connectivity index (χ2v) is 8.74. The average molecular weight is 480 g/mol. The van der Waals surface area contributed by atoms with E-state index in [0.29, 0.717) is 49.8 Å². The van der Waals surface area contributed by atoms with Crippen LogP contribution in [0.3, 0.4) is 0 Å². The van der Waals surface area contributed by atoms with E-state index in [1.807, 2.05) is 35.2 Å². The Labute approximate surface area is 201 Å². The Morgan fingerprint density at radius 2 is 1.89 bits per heavy atom. The third-order valence-electron chi connectivity index (χ3n) is 6.64. The van der Waals surface area contributed by atoms with Gasteiger partial charge in [0.05, 0.1) is 13.0 Å². The number of anilines is 1. The van der Waals surface area contributed by atoms with Crippen molar-refractivity contribution in [2.45, 2.75) is 25.2 Å². The van der Waals surface area contributed by atoms with Crippen LogP contribution in [0.1, 0.15) is 31.1 Å². The van der Waals surface area contributed by atoms with Crippen LogP contribution in [0.4, 0.5) is 10.2 Å². The molecule has 0 N–H and O–H groups in total. The molecule has 0 saturated carbocycles. The molecule has 1 atom stereocenters. The molecule has 5 rings (SSSR count). The van der Waals surface area contributed by atoms with Gasteiger partial charge in [-0.2, -0.15) is 4.98 Å². The van der Waals surface area contributed by atoms with Gasteiger partial charge in [-0.1, -0.05) is 23.4 Å². The number of methoxy groups -OCH3 is 1. The lowest BCUT2D eigenvalue weighted by atomic mass is 9.95. The van der Waals surface area contributed by atoms with Gasteiger partial charge in [-0.3, -0.25) is 14.5 Å². The van der Waals surface area contributed by atoms with Crippen molar-refractivity contribution < 1.29 is 28.3 Å². The van der Waals surface area contributed by atoms with E-state index in [-0.39, 0.29) is 41.6 Å². The molecule has 3 heterocycles. The van der Waals surface area contributed by atoms with Gasteiger partial charge in [0.2, 0.25) is 29.3 Å². The number of nitrogens with zero attached hydrogens (tertiary/aromatic N) is 4. The van der Waals surface area contributed by atoms with Crippen LogP contribution in [0, 0.1) is 5.92 Å². The topological polar surface area (TPSA) is 98.0 Å². The fraction of sp³-hybridized carbons (Fsp3) is 0.360. The molecule has 0 unspecified atom stereocenters. The van der Waals surface area contributed by atoms with Crippen molar-refractivity contribution in [3.63, 3.8) is 0 Å². The van der Waals surface area contributed by atoms with Crippen LogP contribution < -0.4 is 14.6 Å². The van der Waals surface area contributed by atoms with Crippen molar-refractivity contribution >= 4 is 17.5 Å². The Morgan fingerprint density at radius 1 is 1.11 bits per heavy atom. The lowest BCUT2D eigenvalue weighted by Crippen LogP contribution is -2.42. The van der Waals surface area contributed by atoms with Gasteiger partial charge in [-0.25, -0.2) is 0 Å². The van der Waals surface area contributed by atoms with E-state index in [2.05, 4.69) is 15.1 Å². The summed E-state index contributed by atoms with van der Waals surface area (Å²) in [5, 5.41) is 4.06. The highest BCUT2D eigenvalue weighted by molar-refractivity contribution is 6.00. The van der Waals surface area contributed by atoms with Crippen LogP contribution in [0.25, 0.3) is 11.4 Å². The van der Waals surface area contributed by atoms with E-state index in [9.17, 15) is 14.1 Å². The second-order valence-electron chi connectivity index (χ2n) is 8.74. The highest BCUT2D eigenvalue weighted by atomic mass is 19.3. The van der Waals surface area contributed by atoms with Crippen LogP contribution in [0.2, 0.25) is 0 Å². The minimum absolute atomic E-state index is 0.0173. The number of benzene rings is 2. The van der Waals surface area contributed by atoms with Crippen LogP contribution in [0.15, 0.2) is 53.1 Å². The molecule has 9 nitrogen and oxygen atoms in total. The molecule has 1 aromatic heterocycles. The third kappa shape index (κ3) is 4.55. The number of halogens is 1. The number of likely N-dealkylation sites (tertiary alicyclic amines) is 1. The van der Waals surface area contributed by atoms with Crippen molar-refractivity contribution in [1.29, 1.82) is 0 Å². The van der Waals surface area contributed by atoms with Gasteiger partial charge in [0.15, 0.2) is 5.75 Å². The highest BCUT2D eigenvalue weighted by Gasteiger charge is 2.38. The van der Waals surface area contributed by atoms with E-state index in [4.69, 9.17) is 9.26 Å². The molecule has 2 saturated heterocycles. The minimum atomic E-state index is -0.333. The van der Waals surface area contributed by atoms with E-state index >= 15 is 0 Å². The largest absolute Gasteiger partial charge is 0.493 e. The molecule has 0 bridgehead atoms. The standard InChI is InChI=1S/C25H25FN4O5/c1-33-21-13-17(7-8-20(21)34-26)23-27-24(35-28-23)16-9-11-29(12-10-16)25(32)18-14-22(31)30(15-18)19-5-3-2-4-6-19/h2-8,13,16,18H,9-12,14-15H2,1H3/t18-/m1/s1. The molecule has 2 aliphatic rings.